The molecule has 2 saturated heterocycles. The molecule has 4 rings (SSSR count). The summed E-state index contributed by atoms with van der Waals surface area (Å²) >= 11 is 0. The number of halogens is 3. The van der Waals surface area contributed by atoms with Crippen LogP contribution in [0.2, 0.25) is 0 Å². The van der Waals surface area contributed by atoms with Gasteiger partial charge < -0.3 is 10.1 Å². The Morgan fingerprint density at radius 1 is 1.22 bits per heavy atom. The maximum absolute atomic E-state index is 13.3. The molecule has 0 saturated carbocycles. The molecule has 0 radical (unpaired) electrons. The van der Waals surface area contributed by atoms with Crippen LogP contribution in [0.25, 0.3) is 0 Å². The molecule has 4 unspecified atom stereocenters. The van der Waals surface area contributed by atoms with E-state index in [2.05, 4.69) is 10.3 Å². The molecule has 7 heteroatoms. The number of hydrogen-bond acceptors (Lipinski definition) is 3. The van der Waals surface area contributed by atoms with E-state index in [1.807, 2.05) is 6.07 Å². The molecule has 1 N–H and O–H groups in total. The summed E-state index contributed by atoms with van der Waals surface area (Å²) in [4.78, 5) is 16.8. The number of rotatable bonds is 2. The molecule has 23 heavy (non-hydrogen) atoms. The van der Waals surface area contributed by atoms with Crippen LogP contribution in [0.1, 0.15) is 30.5 Å². The smallest absolute Gasteiger partial charge is 0.373 e. The number of carbonyl (C=O) groups excluding carboxylic acids is 1. The maximum atomic E-state index is 13.3. The molecule has 1 aromatic rings. The number of aryl methyl sites for hydroxylation is 2. The summed E-state index contributed by atoms with van der Waals surface area (Å²) in [6.07, 6.45) is -2.23. The zero-order chi connectivity index (χ0) is 16.2. The summed E-state index contributed by atoms with van der Waals surface area (Å²) in [6.45, 7) is 0. The van der Waals surface area contributed by atoms with Gasteiger partial charge in [-0.15, -0.1) is 0 Å². The van der Waals surface area contributed by atoms with Crippen LogP contribution in [0, 0.1) is 11.8 Å². The van der Waals surface area contributed by atoms with E-state index in [1.165, 1.54) is 0 Å². The van der Waals surface area contributed by atoms with Gasteiger partial charge in [0.15, 0.2) is 0 Å². The highest BCUT2D eigenvalue weighted by Crippen LogP contribution is 2.50. The third kappa shape index (κ3) is 2.51. The van der Waals surface area contributed by atoms with E-state index < -0.39 is 36.1 Å². The number of nitrogens with zero attached hydrogens (tertiary/aromatic N) is 1. The first-order valence-corrected chi connectivity index (χ1v) is 7.95. The van der Waals surface area contributed by atoms with Crippen LogP contribution in [-0.2, 0) is 22.4 Å². The van der Waals surface area contributed by atoms with Gasteiger partial charge in [0.25, 0.3) is 0 Å². The van der Waals surface area contributed by atoms with Crippen molar-refractivity contribution in [2.45, 2.75) is 50.5 Å². The summed E-state index contributed by atoms with van der Waals surface area (Å²) in [7, 11) is 0. The van der Waals surface area contributed by atoms with Gasteiger partial charge in [0.05, 0.1) is 24.0 Å². The minimum Gasteiger partial charge on any atom is -0.373 e. The Labute approximate surface area is 131 Å². The monoisotopic (exact) mass is 326 g/mol. The third-order valence-corrected chi connectivity index (χ3v) is 5.13. The lowest BCUT2D eigenvalue weighted by Gasteiger charge is -2.28. The van der Waals surface area contributed by atoms with E-state index in [1.54, 1.807) is 6.07 Å². The SMILES string of the molecule is O=C(Nc1ccc2c(n1)CCC2)C1C2CCC(O2)C1C(F)(F)F. The second-order valence-electron chi connectivity index (χ2n) is 6.53. The second-order valence-corrected chi connectivity index (χ2v) is 6.53. The predicted octanol–water partition coefficient (Wildman–Crippen LogP) is 2.86. The Hall–Kier alpha value is -1.63. The first kappa shape index (κ1) is 14.9. The molecule has 1 amide bonds. The first-order chi connectivity index (χ1) is 10.9. The van der Waals surface area contributed by atoms with Crippen molar-refractivity contribution in [3.8, 4) is 0 Å². The summed E-state index contributed by atoms with van der Waals surface area (Å²) < 4.78 is 45.2. The number of hydrogen-bond donors (Lipinski definition) is 1. The zero-order valence-electron chi connectivity index (χ0n) is 12.4. The van der Waals surface area contributed by atoms with Crippen molar-refractivity contribution in [3.05, 3.63) is 23.4 Å². The van der Waals surface area contributed by atoms with Gasteiger partial charge in [0.2, 0.25) is 5.91 Å². The lowest BCUT2D eigenvalue weighted by molar-refractivity contribution is -0.196. The average molecular weight is 326 g/mol. The number of fused-ring (bicyclic) bond motifs is 3. The maximum Gasteiger partial charge on any atom is 0.395 e. The summed E-state index contributed by atoms with van der Waals surface area (Å²) in [5.74, 6) is -3.19. The Balaban J connectivity index is 1.54. The molecule has 1 aliphatic carbocycles. The highest BCUT2D eigenvalue weighted by molar-refractivity contribution is 5.92. The molecule has 2 bridgehead atoms. The fraction of sp³-hybridized carbons (Fsp3) is 0.625. The second kappa shape index (κ2) is 5.19. The highest BCUT2D eigenvalue weighted by atomic mass is 19.4. The van der Waals surface area contributed by atoms with Crippen molar-refractivity contribution >= 4 is 11.7 Å². The van der Waals surface area contributed by atoms with E-state index in [9.17, 15) is 18.0 Å². The van der Waals surface area contributed by atoms with Crippen LogP contribution in [-0.4, -0.2) is 29.3 Å². The molecule has 0 aromatic carbocycles. The normalized spacial score (nSPS) is 32.1. The molecule has 3 aliphatic rings. The number of aromatic nitrogens is 1. The van der Waals surface area contributed by atoms with Crippen LogP contribution >= 0.6 is 0 Å². The fourth-order valence-corrected chi connectivity index (χ4v) is 4.13. The Morgan fingerprint density at radius 2 is 2.00 bits per heavy atom. The van der Waals surface area contributed by atoms with E-state index in [-0.39, 0.29) is 0 Å². The molecule has 0 spiro atoms. The molecule has 3 heterocycles. The van der Waals surface area contributed by atoms with Crippen molar-refractivity contribution in [2.24, 2.45) is 11.8 Å². The number of alkyl halides is 3. The largest absolute Gasteiger partial charge is 0.395 e. The van der Waals surface area contributed by atoms with Gasteiger partial charge in [-0.25, -0.2) is 4.98 Å². The Morgan fingerprint density at radius 3 is 2.78 bits per heavy atom. The molecule has 2 aliphatic heterocycles. The van der Waals surface area contributed by atoms with Gasteiger partial charge in [-0.3, -0.25) is 4.79 Å². The molecule has 4 nitrogen and oxygen atoms in total. The molecular weight excluding hydrogens is 309 g/mol. The number of nitrogens with one attached hydrogen (secondary N) is 1. The van der Waals surface area contributed by atoms with E-state index in [0.717, 1.165) is 30.5 Å². The van der Waals surface area contributed by atoms with Crippen molar-refractivity contribution in [1.82, 2.24) is 4.98 Å². The lowest BCUT2D eigenvalue weighted by atomic mass is 9.78. The van der Waals surface area contributed by atoms with Crippen LogP contribution in [0.4, 0.5) is 19.0 Å². The fourth-order valence-electron chi connectivity index (χ4n) is 4.13. The summed E-state index contributed by atoms with van der Waals surface area (Å²) in [6, 6.07) is 3.56. The van der Waals surface area contributed by atoms with Gasteiger partial charge in [-0.1, -0.05) is 6.07 Å². The average Bonchev–Trinajstić information content (AvgIpc) is 3.20. The number of amides is 1. The summed E-state index contributed by atoms with van der Waals surface area (Å²) in [5, 5.41) is 2.57. The van der Waals surface area contributed by atoms with Crippen LogP contribution in [0.5, 0.6) is 0 Å². The molecular formula is C16H17F3N2O2. The summed E-state index contributed by atoms with van der Waals surface area (Å²) in [5.41, 5.74) is 2.08. The minimum absolute atomic E-state index is 0.333. The highest BCUT2D eigenvalue weighted by Gasteiger charge is 2.62. The van der Waals surface area contributed by atoms with E-state index in [4.69, 9.17) is 4.74 Å². The van der Waals surface area contributed by atoms with Crippen molar-refractivity contribution in [3.63, 3.8) is 0 Å². The molecule has 2 fully saturated rings. The standard InChI is InChI=1S/C16H17F3N2O2/c17-16(18,19)14-11-6-5-10(23-11)13(14)15(22)21-12-7-4-8-2-1-3-9(8)20-12/h4,7,10-11,13-14H,1-3,5-6H2,(H,20,21,22). The number of carbonyl (C=O) groups is 1. The third-order valence-electron chi connectivity index (χ3n) is 5.13. The molecule has 1 aromatic heterocycles. The molecule has 124 valence electrons. The van der Waals surface area contributed by atoms with Crippen molar-refractivity contribution in [1.29, 1.82) is 0 Å². The number of pyridine rings is 1. The predicted molar refractivity (Wildman–Crippen MR) is 75.8 cm³/mol. The minimum atomic E-state index is -4.42. The van der Waals surface area contributed by atoms with E-state index in [0.29, 0.717) is 18.7 Å². The molecule has 4 atom stereocenters. The quantitative estimate of drug-likeness (QED) is 0.909. The number of ether oxygens (including phenoxy) is 1. The van der Waals surface area contributed by atoms with Crippen LogP contribution in [0.15, 0.2) is 12.1 Å². The first-order valence-electron chi connectivity index (χ1n) is 7.95. The Bertz CT molecular complexity index is 647. The van der Waals surface area contributed by atoms with Crippen molar-refractivity contribution < 1.29 is 22.7 Å². The number of anilines is 1. The van der Waals surface area contributed by atoms with Crippen molar-refractivity contribution in [2.75, 3.05) is 5.32 Å². The topological polar surface area (TPSA) is 51.2 Å². The van der Waals surface area contributed by atoms with Gasteiger partial charge in [-0.05, 0) is 43.7 Å². The van der Waals surface area contributed by atoms with Gasteiger partial charge >= 0.3 is 6.18 Å². The van der Waals surface area contributed by atoms with Gasteiger partial charge in [0.1, 0.15) is 5.82 Å². The lowest BCUT2D eigenvalue weighted by Crippen LogP contribution is -2.44. The van der Waals surface area contributed by atoms with Crippen LogP contribution in [0.3, 0.4) is 0 Å². The van der Waals surface area contributed by atoms with Crippen LogP contribution < -0.4 is 5.32 Å². The Kier molecular flexibility index (Phi) is 3.37. The van der Waals surface area contributed by atoms with E-state index >= 15 is 0 Å². The van der Waals surface area contributed by atoms with Gasteiger partial charge in [0, 0.05) is 5.69 Å². The zero-order valence-corrected chi connectivity index (χ0v) is 12.4. The van der Waals surface area contributed by atoms with Gasteiger partial charge in [-0.2, -0.15) is 13.2 Å².